The maximum Gasteiger partial charge on any atom is 0.145 e. The molecule has 80 valence electrons. The Morgan fingerprint density at radius 2 is 2.19 bits per heavy atom. The first-order valence-electron chi connectivity index (χ1n) is 4.89. The van der Waals surface area contributed by atoms with Gasteiger partial charge in [-0.25, -0.2) is 0 Å². The van der Waals surface area contributed by atoms with E-state index in [1.807, 2.05) is 30.3 Å². The molecule has 1 aromatic carbocycles. The van der Waals surface area contributed by atoms with Crippen molar-refractivity contribution >= 4 is 10.9 Å². The Kier molecular flexibility index (Phi) is 3.21. The molecule has 0 fully saturated rings. The number of aromatic nitrogens is 1. The van der Waals surface area contributed by atoms with Gasteiger partial charge in [0.2, 0.25) is 0 Å². The van der Waals surface area contributed by atoms with Gasteiger partial charge in [0.1, 0.15) is 11.3 Å². The lowest BCUT2D eigenvalue weighted by molar-refractivity contribution is 0.331. The van der Waals surface area contributed by atoms with Crippen LogP contribution in [0.1, 0.15) is 0 Å². The van der Waals surface area contributed by atoms with E-state index in [1.165, 1.54) is 0 Å². The smallest absolute Gasteiger partial charge is 0.145 e. The summed E-state index contributed by atoms with van der Waals surface area (Å²) in [4.78, 5) is 6.91. The summed E-state index contributed by atoms with van der Waals surface area (Å²) < 4.78 is 5.49. The van der Waals surface area contributed by atoms with Crippen LogP contribution < -0.4 is 4.74 Å². The lowest BCUT2D eigenvalue weighted by Crippen LogP contribution is -2.00. The molecular weight excluding hydrogens is 204 g/mol. The molecule has 0 aliphatic rings. The van der Waals surface area contributed by atoms with Crippen LogP contribution in [0.25, 0.3) is 21.3 Å². The molecule has 0 atom stereocenters. The van der Waals surface area contributed by atoms with E-state index in [4.69, 9.17) is 10.3 Å². The minimum Gasteiger partial charge on any atom is -0.491 e. The zero-order valence-electron chi connectivity index (χ0n) is 8.58. The molecule has 5 heteroatoms. The van der Waals surface area contributed by atoms with Crippen LogP contribution in [0.15, 0.2) is 41.6 Å². The first-order valence-corrected chi connectivity index (χ1v) is 4.89. The van der Waals surface area contributed by atoms with Crippen molar-refractivity contribution in [2.75, 3.05) is 13.2 Å². The van der Waals surface area contributed by atoms with Crippen molar-refractivity contribution in [1.29, 1.82) is 0 Å². The fraction of sp³-hybridized carbons (Fsp3) is 0.182. The summed E-state index contributed by atoms with van der Waals surface area (Å²) in [5.74, 6) is 0.714. The number of para-hydroxylation sites is 1. The van der Waals surface area contributed by atoms with E-state index in [2.05, 4.69) is 15.0 Å². The lowest BCUT2D eigenvalue weighted by Gasteiger charge is -2.06. The summed E-state index contributed by atoms with van der Waals surface area (Å²) >= 11 is 0. The van der Waals surface area contributed by atoms with Crippen LogP contribution in [0.4, 0.5) is 0 Å². The Morgan fingerprint density at radius 3 is 3.06 bits per heavy atom. The van der Waals surface area contributed by atoms with Gasteiger partial charge in [-0.2, -0.15) is 0 Å². The molecule has 5 nitrogen and oxygen atoms in total. The molecule has 0 amide bonds. The van der Waals surface area contributed by atoms with E-state index >= 15 is 0 Å². The number of hydrogen-bond acceptors (Lipinski definition) is 3. The number of ether oxygens (including phenoxy) is 1. The molecule has 2 rings (SSSR count). The van der Waals surface area contributed by atoms with Crippen LogP contribution in [-0.2, 0) is 0 Å². The zero-order chi connectivity index (χ0) is 11.2. The predicted molar refractivity (Wildman–Crippen MR) is 61.3 cm³/mol. The van der Waals surface area contributed by atoms with Crippen LogP contribution in [-0.4, -0.2) is 18.1 Å². The standard InChI is InChI=1S/C11H10N4O/c12-15-14-7-8-16-10-5-1-3-9-4-2-6-13-11(9)10/h1-6H,7-8H2. The summed E-state index contributed by atoms with van der Waals surface area (Å²) in [7, 11) is 0. The average Bonchev–Trinajstić information content (AvgIpc) is 2.35. The van der Waals surface area contributed by atoms with Gasteiger partial charge in [-0.3, -0.25) is 4.98 Å². The van der Waals surface area contributed by atoms with Gasteiger partial charge < -0.3 is 4.74 Å². The van der Waals surface area contributed by atoms with Crippen molar-refractivity contribution < 1.29 is 4.74 Å². The molecule has 0 saturated heterocycles. The quantitative estimate of drug-likeness (QED) is 0.339. The van der Waals surface area contributed by atoms with Crippen molar-refractivity contribution in [1.82, 2.24) is 4.98 Å². The van der Waals surface area contributed by atoms with Gasteiger partial charge >= 0.3 is 0 Å². The van der Waals surface area contributed by atoms with Crippen molar-refractivity contribution in [2.45, 2.75) is 0 Å². The molecule has 0 saturated carbocycles. The summed E-state index contributed by atoms with van der Waals surface area (Å²) in [5, 5.41) is 4.43. The maximum absolute atomic E-state index is 8.13. The number of pyridine rings is 1. The topological polar surface area (TPSA) is 70.9 Å². The van der Waals surface area contributed by atoms with Gasteiger partial charge in [-0.05, 0) is 17.7 Å². The number of benzene rings is 1. The molecule has 2 aromatic rings. The van der Waals surface area contributed by atoms with Crippen LogP contribution in [0, 0.1) is 0 Å². The average molecular weight is 214 g/mol. The van der Waals surface area contributed by atoms with Crippen LogP contribution in [0.2, 0.25) is 0 Å². The third kappa shape index (κ3) is 2.21. The lowest BCUT2D eigenvalue weighted by atomic mass is 10.2. The monoisotopic (exact) mass is 214 g/mol. The summed E-state index contributed by atoms with van der Waals surface area (Å²) in [6, 6.07) is 9.59. The molecule has 0 spiro atoms. The van der Waals surface area contributed by atoms with Gasteiger partial charge in [0.15, 0.2) is 0 Å². The maximum atomic E-state index is 8.13. The van der Waals surface area contributed by atoms with Gasteiger partial charge in [0.25, 0.3) is 0 Å². The van der Waals surface area contributed by atoms with Crippen LogP contribution in [0.5, 0.6) is 5.75 Å². The Morgan fingerprint density at radius 1 is 1.31 bits per heavy atom. The third-order valence-electron chi connectivity index (χ3n) is 2.11. The molecule has 0 unspecified atom stereocenters. The van der Waals surface area contributed by atoms with E-state index in [-0.39, 0.29) is 0 Å². The van der Waals surface area contributed by atoms with E-state index in [1.54, 1.807) is 6.20 Å². The minimum absolute atomic E-state index is 0.319. The second-order valence-electron chi connectivity index (χ2n) is 3.13. The van der Waals surface area contributed by atoms with Crippen molar-refractivity contribution in [2.24, 2.45) is 5.11 Å². The predicted octanol–water partition coefficient (Wildman–Crippen LogP) is 2.92. The SMILES string of the molecule is [N-]=[N+]=NCCOc1cccc2cccnc12. The molecule has 16 heavy (non-hydrogen) atoms. The highest BCUT2D eigenvalue weighted by atomic mass is 16.5. The molecular formula is C11H10N4O. The van der Waals surface area contributed by atoms with E-state index in [9.17, 15) is 0 Å². The van der Waals surface area contributed by atoms with Gasteiger partial charge in [0, 0.05) is 16.5 Å². The number of rotatable bonds is 4. The highest BCUT2D eigenvalue weighted by molar-refractivity contribution is 5.84. The zero-order valence-corrected chi connectivity index (χ0v) is 8.58. The molecule has 0 N–H and O–H groups in total. The van der Waals surface area contributed by atoms with Gasteiger partial charge in [-0.15, -0.1) is 0 Å². The Balaban J connectivity index is 2.20. The second kappa shape index (κ2) is 5.00. The molecule has 0 aliphatic carbocycles. The fourth-order valence-corrected chi connectivity index (χ4v) is 1.43. The van der Waals surface area contributed by atoms with Crippen LogP contribution >= 0.6 is 0 Å². The van der Waals surface area contributed by atoms with Gasteiger partial charge in [-0.1, -0.05) is 23.3 Å². The molecule has 0 radical (unpaired) electrons. The Labute approximate surface area is 92.3 Å². The number of fused-ring (bicyclic) bond motifs is 1. The second-order valence-corrected chi connectivity index (χ2v) is 3.13. The summed E-state index contributed by atoms with van der Waals surface area (Å²) in [6.07, 6.45) is 1.72. The van der Waals surface area contributed by atoms with Crippen LogP contribution in [0.3, 0.4) is 0 Å². The number of azide groups is 1. The van der Waals surface area contributed by atoms with E-state index < -0.39 is 0 Å². The van der Waals surface area contributed by atoms with Crippen molar-refractivity contribution in [3.63, 3.8) is 0 Å². The molecule has 0 bridgehead atoms. The summed E-state index contributed by atoms with van der Waals surface area (Å²) in [5.41, 5.74) is 8.95. The number of nitrogens with zero attached hydrogens (tertiary/aromatic N) is 4. The summed E-state index contributed by atoms with van der Waals surface area (Å²) in [6.45, 7) is 0.680. The number of hydrogen-bond donors (Lipinski definition) is 0. The largest absolute Gasteiger partial charge is 0.491 e. The van der Waals surface area contributed by atoms with Gasteiger partial charge in [0.05, 0.1) is 13.2 Å². The molecule has 1 aromatic heterocycles. The normalized spacial score (nSPS) is 9.75. The molecule has 1 heterocycles. The Hall–Kier alpha value is -2.26. The van der Waals surface area contributed by atoms with Crippen molar-refractivity contribution in [3.05, 3.63) is 47.0 Å². The highest BCUT2D eigenvalue weighted by Gasteiger charge is 2.01. The first kappa shape index (κ1) is 10.3. The molecule has 0 aliphatic heterocycles. The third-order valence-corrected chi connectivity index (χ3v) is 2.11. The fourth-order valence-electron chi connectivity index (χ4n) is 1.43. The van der Waals surface area contributed by atoms with E-state index in [0.717, 1.165) is 10.9 Å². The highest BCUT2D eigenvalue weighted by Crippen LogP contribution is 2.22. The minimum atomic E-state index is 0.319. The van der Waals surface area contributed by atoms with Crippen molar-refractivity contribution in [3.8, 4) is 5.75 Å². The first-order chi connectivity index (χ1) is 7.92. The van der Waals surface area contributed by atoms with E-state index in [0.29, 0.717) is 18.9 Å². The Bertz CT molecular complexity index is 529.